The van der Waals surface area contributed by atoms with Crippen LogP contribution in [0.15, 0.2) is 91.1 Å². The maximum Gasteiger partial charge on any atom is 0.335 e. The topological polar surface area (TPSA) is 89.9 Å². The Labute approximate surface area is 208 Å². The molecule has 1 heterocycles. The summed E-state index contributed by atoms with van der Waals surface area (Å²) in [6, 6.07) is 25.1. The molecule has 36 heavy (non-hydrogen) atoms. The molecule has 0 atom stereocenters. The van der Waals surface area contributed by atoms with Crippen LogP contribution >= 0.6 is 0 Å². The van der Waals surface area contributed by atoms with E-state index in [9.17, 15) is 19.8 Å². The molecule has 0 fully saturated rings. The van der Waals surface area contributed by atoms with Crippen molar-refractivity contribution in [2.45, 2.75) is 13.8 Å². The van der Waals surface area contributed by atoms with Crippen LogP contribution in [-0.4, -0.2) is 22.1 Å². The minimum atomic E-state index is -1.06. The monoisotopic (exact) mass is 476 g/mol. The Morgan fingerprint density at radius 1 is 0.861 bits per heavy atom. The van der Waals surface area contributed by atoms with Crippen molar-refractivity contribution in [1.29, 1.82) is 0 Å². The first-order valence-corrected chi connectivity index (χ1v) is 11.5. The number of carbonyl (C=O) groups excluding carboxylic acids is 1. The molecule has 0 saturated carbocycles. The molecular formula is C30H24N2O4. The summed E-state index contributed by atoms with van der Waals surface area (Å²) < 4.78 is 0. The van der Waals surface area contributed by atoms with Crippen LogP contribution in [0, 0.1) is 13.8 Å². The van der Waals surface area contributed by atoms with Gasteiger partial charge in [-0.25, -0.2) is 4.79 Å². The number of aromatic carboxylic acids is 1. The van der Waals surface area contributed by atoms with Crippen LogP contribution in [-0.2, 0) is 4.79 Å². The second-order valence-corrected chi connectivity index (χ2v) is 8.72. The second kappa shape index (κ2) is 9.07. The fraction of sp³-hybridized carbons (Fsp3) is 0.0667. The minimum Gasteiger partial charge on any atom is -0.505 e. The molecule has 178 valence electrons. The van der Waals surface area contributed by atoms with E-state index in [4.69, 9.17) is 0 Å². The Bertz CT molecular complexity index is 1550. The van der Waals surface area contributed by atoms with E-state index >= 15 is 0 Å². The summed E-state index contributed by atoms with van der Waals surface area (Å²) in [6.07, 6.45) is 1.58. The molecule has 0 spiro atoms. The van der Waals surface area contributed by atoms with Gasteiger partial charge in [-0.1, -0.05) is 54.6 Å². The first-order chi connectivity index (χ1) is 17.3. The number of carboxylic acid groups (broad SMARTS) is 1. The van der Waals surface area contributed by atoms with E-state index in [1.165, 1.54) is 22.6 Å². The highest BCUT2D eigenvalue weighted by Crippen LogP contribution is 2.42. The average molecular weight is 477 g/mol. The van der Waals surface area contributed by atoms with Crippen LogP contribution < -0.4 is 10.2 Å². The number of carbonyl (C=O) groups is 2. The molecule has 3 N–H and O–H groups in total. The molecule has 6 heteroatoms. The maximum atomic E-state index is 13.5. The normalized spacial score (nSPS) is 13.7. The third-order valence-corrected chi connectivity index (χ3v) is 6.45. The number of aromatic hydroxyl groups is 1. The first-order valence-electron chi connectivity index (χ1n) is 11.5. The maximum absolute atomic E-state index is 13.5. The van der Waals surface area contributed by atoms with E-state index in [1.807, 2.05) is 68.4 Å². The summed E-state index contributed by atoms with van der Waals surface area (Å²) in [7, 11) is 0. The lowest BCUT2D eigenvalue weighted by atomic mass is 9.99. The van der Waals surface area contributed by atoms with Crippen molar-refractivity contribution in [3.05, 3.63) is 113 Å². The summed E-state index contributed by atoms with van der Waals surface area (Å²) in [4.78, 5) is 26.5. The van der Waals surface area contributed by atoms with Crippen molar-refractivity contribution in [3.63, 3.8) is 0 Å². The number of phenolic OH excluding ortho intramolecular Hbond substituents is 1. The average Bonchev–Trinajstić information content (AvgIpc) is 3.16. The smallest absolute Gasteiger partial charge is 0.335 e. The molecule has 0 aromatic heterocycles. The Hall–Kier alpha value is -4.84. The number of para-hydroxylation sites is 2. The lowest BCUT2D eigenvalue weighted by molar-refractivity contribution is -0.112. The Kier molecular flexibility index (Phi) is 5.78. The number of nitrogens with zero attached hydrogens (tertiary/aromatic N) is 1. The van der Waals surface area contributed by atoms with Gasteiger partial charge in [-0.05, 0) is 60.9 Å². The number of fused-ring (bicyclic) bond motifs is 1. The van der Waals surface area contributed by atoms with Crippen molar-refractivity contribution in [2.24, 2.45) is 0 Å². The number of aryl methyl sites for hydroxylation is 2. The minimum absolute atomic E-state index is 0.0855. The van der Waals surface area contributed by atoms with Crippen molar-refractivity contribution in [2.75, 3.05) is 10.2 Å². The SMILES string of the molecule is Cc1ccc(-c2cccc(N/C=C3\C(=O)N(c4cccc(C(=O)O)c4)c4ccccc43)c2O)cc1C. The molecule has 5 rings (SSSR count). The van der Waals surface area contributed by atoms with Crippen molar-refractivity contribution in [1.82, 2.24) is 0 Å². The highest BCUT2D eigenvalue weighted by atomic mass is 16.4. The second-order valence-electron chi connectivity index (χ2n) is 8.72. The fourth-order valence-electron chi connectivity index (χ4n) is 4.37. The molecule has 0 unspecified atom stereocenters. The molecule has 6 nitrogen and oxygen atoms in total. The van der Waals surface area contributed by atoms with Crippen LogP contribution in [0.25, 0.3) is 16.7 Å². The van der Waals surface area contributed by atoms with Gasteiger partial charge in [-0.2, -0.15) is 0 Å². The third-order valence-electron chi connectivity index (χ3n) is 6.45. The number of benzene rings is 4. The zero-order valence-electron chi connectivity index (χ0n) is 19.8. The number of anilines is 3. The summed E-state index contributed by atoms with van der Waals surface area (Å²) in [5.41, 5.74) is 6.70. The van der Waals surface area contributed by atoms with E-state index in [-0.39, 0.29) is 17.2 Å². The molecule has 0 bridgehead atoms. The first kappa shape index (κ1) is 22.9. The van der Waals surface area contributed by atoms with Gasteiger partial charge in [0, 0.05) is 17.3 Å². The number of hydrogen-bond donors (Lipinski definition) is 3. The standard InChI is InChI=1S/C30H24N2O4/c1-18-13-14-20(15-19(18)2)23-10-6-11-26(28(23)33)31-17-25-24-9-3-4-12-27(24)32(29(25)34)22-8-5-7-21(16-22)30(35)36/h3-17,31,33H,1-2H3,(H,35,36)/b25-17-. The van der Waals surface area contributed by atoms with E-state index < -0.39 is 5.97 Å². The van der Waals surface area contributed by atoms with E-state index in [2.05, 4.69) is 5.32 Å². The molecule has 4 aromatic rings. The number of carboxylic acids is 1. The zero-order valence-corrected chi connectivity index (χ0v) is 19.8. The largest absolute Gasteiger partial charge is 0.505 e. The highest BCUT2D eigenvalue weighted by Gasteiger charge is 2.33. The quantitative estimate of drug-likeness (QED) is 0.226. The van der Waals surface area contributed by atoms with Crippen LogP contribution in [0.2, 0.25) is 0 Å². The van der Waals surface area contributed by atoms with Gasteiger partial charge in [0.1, 0.15) is 5.75 Å². The number of nitrogens with one attached hydrogen (secondary N) is 1. The van der Waals surface area contributed by atoms with Gasteiger partial charge in [0.15, 0.2) is 0 Å². The van der Waals surface area contributed by atoms with Crippen LogP contribution in [0.4, 0.5) is 17.1 Å². The highest BCUT2D eigenvalue weighted by molar-refractivity contribution is 6.35. The predicted octanol–water partition coefficient (Wildman–Crippen LogP) is 6.51. The van der Waals surface area contributed by atoms with Gasteiger partial charge in [-0.15, -0.1) is 0 Å². The van der Waals surface area contributed by atoms with Crippen molar-refractivity contribution in [3.8, 4) is 16.9 Å². The summed E-state index contributed by atoms with van der Waals surface area (Å²) >= 11 is 0. The summed E-state index contributed by atoms with van der Waals surface area (Å²) in [5.74, 6) is -1.27. The number of phenols is 1. The molecule has 1 aliphatic rings. The molecule has 0 aliphatic carbocycles. The Morgan fingerprint density at radius 2 is 1.61 bits per heavy atom. The van der Waals surface area contributed by atoms with Gasteiger partial charge >= 0.3 is 5.97 Å². The number of hydrogen-bond acceptors (Lipinski definition) is 4. The van der Waals surface area contributed by atoms with Crippen LogP contribution in [0.3, 0.4) is 0 Å². The van der Waals surface area contributed by atoms with E-state index in [0.717, 1.165) is 11.1 Å². The van der Waals surface area contributed by atoms with Gasteiger partial charge < -0.3 is 15.5 Å². The summed E-state index contributed by atoms with van der Waals surface area (Å²) in [5, 5.41) is 23.5. The Morgan fingerprint density at radius 3 is 2.39 bits per heavy atom. The fourth-order valence-corrected chi connectivity index (χ4v) is 4.37. The molecule has 4 aromatic carbocycles. The van der Waals surface area contributed by atoms with E-state index in [0.29, 0.717) is 33.8 Å². The number of amides is 1. The van der Waals surface area contributed by atoms with Gasteiger partial charge in [-0.3, -0.25) is 9.69 Å². The van der Waals surface area contributed by atoms with Gasteiger partial charge in [0.25, 0.3) is 5.91 Å². The van der Waals surface area contributed by atoms with Crippen molar-refractivity contribution >= 4 is 34.5 Å². The molecule has 1 aliphatic heterocycles. The zero-order chi connectivity index (χ0) is 25.4. The molecular weight excluding hydrogens is 452 g/mol. The third kappa shape index (κ3) is 3.99. The van der Waals surface area contributed by atoms with Gasteiger partial charge in [0.05, 0.1) is 28.2 Å². The molecule has 0 saturated heterocycles. The number of rotatable bonds is 5. The molecule has 1 amide bonds. The lowest BCUT2D eigenvalue weighted by Gasteiger charge is -2.17. The van der Waals surface area contributed by atoms with E-state index in [1.54, 1.807) is 24.4 Å². The van der Waals surface area contributed by atoms with Crippen LogP contribution in [0.5, 0.6) is 5.75 Å². The van der Waals surface area contributed by atoms with Crippen LogP contribution in [0.1, 0.15) is 27.0 Å². The van der Waals surface area contributed by atoms with Crippen molar-refractivity contribution < 1.29 is 19.8 Å². The summed E-state index contributed by atoms with van der Waals surface area (Å²) in [6.45, 7) is 4.07. The molecule has 0 radical (unpaired) electrons. The Balaban J connectivity index is 1.51. The predicted molar refractivity (Wildman–Crippen MR) is 142 cm³/mol. The van der Waals surface area contributed by atoms with Gasteiger partial charge in [0.2, 0.25) is 0 Å². The lowest BCUT2D eigenvalue weighted by Crippen LogP contribution is -2.21.